The van der Waals surface area contributed by atoms with Crippen LogP contribution in [-0.2, 0) is 4.79 Å². The van der Waals surface area contributed by atoms with Gasteiger partial charge in [0.15, 0.2) is 0 Å². The largest absolute Gasteiger partial charge is 0.351 e. The zero-order chi connectivity index (χ0) is 9.56. The maximum Gasteiger partial charge on any atom is 0.237 e. The lowest BCUT2D eigenvalue weighted by atomic mass is 10.1. The minimum absolute atomic E-state index is 0.0835. The summed E-state index contributed by atoms with van der Waals surface area (Å²) >= 11 is 0. The van der Waals surface area contributed by atoms with Gasteiger partial charge in [0.2, 0.25) is 5.91 Å². The number of hydrogen-bond donors (Lipinski definition) is 2. The van der Waals surface area contributed by atoms with Gasteiger partial charge >= 0.3 is 0 Å². The number of rotatable bonds is 5. The van der Waals surface area contributed by atoms with Gasteiger partial charge in [0.1, 0.15) is 0 Å². The van der Waals surface area contributed by atoms with E-state index in [-0.39, 0.29) is 11.9 Å². The third-order valence-electron chi connectivity index (χ3n) is 1.50. The number of hydrogen-bond acceptors (Lipinski definition) is 2. The fraction of sp³-hybridized carbons (Fsp3) is 0.667. The molecule has 0 unspecified atom stereocenters. The lowest BCUT2D eigenvalue weighted by Gasteiger charge is -2.10. The standard InChI is InChI=1S/C9H18N2O/c1-4-5-8(10)9(12)11-6-7(2)3/h8H,2,4-6,10H2,1,3H3,(H,11,12)/t8-/m0/s1. The Morgan fingerprint density at radius 3 is 2.67 bits per heavy atom. The molecule has 0 heterocycles. The first-order chi connectivity index (χ1) is 5.57. The molecular formula is C9H18N2O. The Kier molecular flexibility index (Phi) is 5.37. The molecule has 1 atom stereocenters. The minimum atomic E-state index is -0.366. The van der Waals surface area contributed by atoms with Crippen molar-refractivity contribution in [3.8, 4) is 0 Å². The van der Waals surface area contributed by atoms with Gasteiger partial charge in [-0.1, -0.05) is 25.5 Å². The van der Waals surface area contributed by atoms with Crippen LogP contribution in [0.25, 0.3) is 0 Å². The van der Waals surface area contributed by atoms with Gasteiger partial charge in [-0.05, 0) is 13.3 Å². The number of nitrogens with one attached hydrogen (secondary N) is 1. The third kappa shape index (κ3) is 4.91. The molecule has 3 N–H and O–H groups in total. The van der Waals surface area contributed by atoms with E-state index in [2.05, 4.69) is 11.9 Å². The molecule has 0 fully saturated rings. The van der Waals surface area contributed by atoms with Gasteiger partial charge in [-0.25, -0.2) is 0 Å². The number of amides is 1. The molecule has 0 aromatic heterocycles. The maximum absolute atomic E-state index is 11.2. The first-order valence-corrected chi connectivity index (χ1v) is 4.25. The van der Waals surface area contributed by atoms with E-state index in [1.165, 1.54) is 0 Å². The summed E-state index contributed by atoms with van der Waals surface area (Å²) in [5.41, 5.74) is 6.51. The normalized spacial score (nSPS) is 12.2. The molecular weight excluding hydrogens is 152 g/mol. The molecule has 0 spiro atoms. The molecule has 0 saturated heterocycles. The molecule has 3 nitrogen and oxygen atoms in total. The molecule has 12 heavy (non-hydrogen) atoms. The van der Waals surface area contributed by atoms with E-state index in [0.29, 0.717) is 6.54 Å². The minimum Gasteiger partial charge on any atom is -0.351 e. The van der Waals surface area contributed by atoms with Crippen LogP contribution in [0.1, 0.15) is 26.7 Å². The molecule has 70 valence electrons. The van der Waals surface area contributed by atoms with Crippen LogP contribution in [0, 0.1) is 0 Å². The lowest BCUT2D eigenvalue weighted by Crippen LogP contribution is -2.40. The monoisotopic (exact) mass is 170 g/mol. The Balaban J connectivity index is 3.64. The average Bonchev–Trinajstić information content (AvgIpc) is 2.00. The van der Waals surface area contributed by atoms with Gasteiger partial charge in [-0.2, -0.15) is 0 Å². The molecule has 0 aliphatic heterocycles. The summed E-state index contributed by atoms with van der Waals surface area (Å²) < 4.78 is 0. The van der Waals surface area contributed by atoms with Crippen LogP contribution in [0.4, 0.5) is 0 Å². The van der Waals surface area contributed by atoms with Gasteiger partial charge in [-0.15, -0.1) is 0 Å². The van der Waals surface area contributed by atoms with E-state index in [9.17, 15) is 4.79 Å². The zero-order valence-corrected chi connectivity index (χ0v) is 7.89. The Hall–Kier alpha value is -0.830. The van der Waals surface area contributed by atoms with Crippen LogP contribution < -0.4 is 11.1 Å². The molecule has 0 radical (unpaired) electrons. The van der Waals surface area contributed by atoms with Crippen LogP contribution in [-0.4, -0.2) is 18.5 Å². The Bertz CT molecular complexity index is 166. The van der Waals surface area contributed by atoms with Crippen LogP contribution >= 0.6 is 0 Å². The van der Waals surface area contributed by atoms with E-state index < -0.39 is 0 Å². The van der Waals surface area contributed by atoms with Crippen molar-refractivity contribution in [1.82, 2.24) is 5.32 Å². The predicted molar refractivity (Wildman–Crippen MR) is 50.7 cm³/mol. The van der Waals surface area contributed by atoms with Crippen LogP contribution in [0.15, 0.2) is 12.2 Å². The molecule has 0 aromatic carbocycles. The van der Waals surface area contributed by atoms with Crippen molar-refractivity contribution >= 4 is 5.91 Å². The molecule has 0 bridgehead atoms. The molecule has 1 amide bonds. The summed E-state index contributed by atoms with van der Waals surface area (Å²) in [7, 11) is 0. The smallest absolute Gasteiger partial charge is 0.237 e. The average molecular weight is 170 g/mol. The highest BCUT2D eigenvalue weighted by atomic mass is 16.2. The van der Waals surface area contributed by atoms with Gasteiger partial charge in [0.05, 0.1) is 6.04 Å². The van der Waals surface area contributed by atoms with Crippen molar-refractivity contribution in [2.75, 3.05) is 6.54 Å². The highest BCUT2D eigenvalue weighted by Gasteiger charge is 2.10. The fourth-order valence-electron chi connectivity index (χ4n) is 0.811. The quantitative estimate of drug-likeness (QED) is 0.600. The summed E-state index contributed by atoms with van der Waals surface area (Å²) in [6, 6.07) is -0.366. The summed E-state index contributed by atoms with van der Waals surface area (Å²) in [6.07, 6.45) is 1.67. The van der Waals surface area contributed by atoms with Crippen molar-refractivity contribution in [1.29, 1.82) is 0 Å². The third-order valence-corrected chi connectivity index (χ3v) is 1.50. The molecule has 0 saturated carbocycles. The van der Waals surface area contributed by atoms with E-state index in [1.54, 1.807) is 0 Å². The van der Waals surface area contributed by atoms with E-state index in [1.807, 2.05) is 13.8 Å². The second-order valence-electron chi connectivity index (χ2n) is 3.07. The summed E-state index contributed by atoms with van der Waals surface area (Å²) in [4.78, 5) is 11.2. The Morgan fingerprint density at radius 2 is 2.25 bits per heavy atom. The SMILES string of the molecule is C=C(C)CNC(=O)[C@@H](N)CCC. The van der Waals surface area contributed by atoms with Crippen LogP contribution in [0.5, 0.6) is 0 Å². The summed E-state index contributed by atoms with van der Waals surface area (Å²) in [5, 5.41) is 2.70. The second kappa shape index (κ2) is 5.77. The first kappa shape index (κ1) is 11.2. The summed E-state index contributed by atoms with van der Waals surface area (Å²) in [6.45, 7) is 8.07. The topological polar surface area (TPSA) is 55.1 Å². The Morgan fingerprint density at radius 1 is 1.67 bits per heavy atom. The predicted octanol–water partition coefficient (Wildman–Crippen LogP) is 0.806. The van der Waals surface area contributed by atoms with Crippen LogP contribution in [0.2, 0.25) is 0 Å². The molecule has 3 heteroatoms. The molecule has 0 aliphatic rings. The van der Waals surface area contributed by atoms with Crippen molar-refractivity contribution in [2.24, 2.45) is 5.73 Å². The van der Waals surface area contributed by atoms with Crippen molar-refractivity contribution in [3.63, 3.8) is 0 Å². The number of carbonyl (C=O) groups excluding carboxylic acids is 1. The second-order valence-corrected chi connectivity index (χ2v) is 3.07. The summed E-state index contributed by atoms with van der Waals surface area (Å²) in [5.74, 6) is -0.0835. The highest BCUT2D eigenvalue weighted by molar-refractivity contribution is 5.81. The highest BCUT2D eigenvalue weighted by Crippen LogP contribution is 1.93. The van der Waals surface area contributed by atoms with E-state index >= 15 is 0 Å². The van der Waals surface area contributed by atoms with E-state index in [4.69, 9.17) is 5.73 Å². The van der Waals surface area contributed by atoms with Crippen molar-refractivity contribution in [3.05, 3.63) is 12.2 Å². The van der Waals surface area contributed by atoms with Crippen molar-refractivity contribution in [2.45, 2.75) is 32.7 Å². The first-order valence-electron chi connectivity index (χ1n) is 4.25. The van der Waals surface area contributed by atoms with Crippen molar-refractivity contribution < 1.29 is 4.79 Å². The molecule has 0 aromatic rings. The van der Waals surface area contributed by atoms with Gasteiger partial charge in [0, 0.05) is 6.54 Å². The zero-order valence-electron chi connectivity index (χ0n) is 7.89. The van der Waals surface area contributed by atoms with Gasteiger partial charge in [0.25, 0.3) is 0 Å². The van der Waals surface area contributed by atoms with Gasteiger partial charge < -0.3 is 11.1 Å². The molecule has 0 aliphatic carbocycles. The molecule has 0 rings (SSSR count). The van der Waals surface area contributed by atoms with Gasteiger partial charge in [-0.3, -0.25) is 4.79 Å². The van der Waals surface area contributed by atoms with Crippen LogP contribution in [0.3, 0.4) is 0 Å². The maximum atomic E-state index is 11.2. The van der Waals surface area contributed by atoms with E-state index in [0.717, 1.165) is 18.4 Å². The Labute approximate surface area is 74.0 Å². The fourth-order valence-corrected chi connectivity index (χ4v) is 0.811. The lowest BCUT2D eigenvalue weighted by molar-refractivity contribution is -0.122. The number of nitrogens with two attached hydrogens (primary N) is 1. The number of carbonyl (C=O) groups is 1.